The van der Waals surface area contributed by atoms with Gasteiger partial charge in [-0.05, 0) is 42.9 Å². The van der Waals surface area contributed by atoms with E-state index in [1.165, 1.54) is 36.3 Å². The second kappa shape index (κ2) is 6.78. The predicted molar refractivity (Wildman–Crippen MR) is 67.7 cm³/mol. The first-order valence-electron chi connectivity index (χ1n) is 5.66. The molecule has 0 saturated carbocycles. The molecule has 0 atom stereocenters. The first kappa shape index (κ1) is 12.4. The molecule has 0 aliphatic carbocycles. The summed E-state index contributed by atoms with van der Waals surface area (Å²) < 4.78 is 0. The number of aromatic hydroxyl groups is 1. The summed E-state index contributed by atoms with van der Waals surface area (Å²) in [5, 5.41) is 9.38. The molecule has 84 valence electrons. The first-order chi connectivity index (χ1) is 7.24. The summed E-state index contributed by atoms with van der Waals surface area (Å²) in [7, 11) is 0. The third-order valence-corrected chi connectivity index (χ3v) is 3.51. The summed E-state index contributed by atoms with van der Waals surface area (Å²) in [6.07, 6.45) is 5.26. The number of hydrogen-bond donors (Lipinski definition) is 1. The van der Waals surface area contributed by atoms with Gasteiger partial charge in [0.25, 0.3) is 0 Å². The Morgan fingerprint density at radius 3 is 2.67 bits per heavy atom. The van der Waals surface area contributed by atoms with Gasteiger partial charge < -0.3 is 5.11 Å². The van der Waals surface area contributed by atoms with Crippen LogP contribution in [-0.2, 0) is 0 Å². The average Bonchev–Trinajstić information content (AvgIpc) is 2.23. The molecule has 0 radical (unpaired) electrons. The van der Waals surface area contributed by atoms with Crippen LogP contribution in [0.1, 0.15) is 38.2 Å². The van der Waals surface area contributed by atoms with E-state index in [0.717, 1.165) is 5.56 Å². The van der Waals surface area contributed by atoms with E-state index in [-0.39, 0.29) is 0 Å². The minimum absolute atomic E-state index is 0.394. The summed E-state index contributed by atoms with van der Waals surface area (Å²) in [6.45, 7) is 4.17. The maximum Gasteiger partial charge on any atom is 0.118 e. The summed E-state index contributed by atoms with van der Waals surface area (Å²) >= 11 is 1.88. The fourth-order valence-electron chi connectivity index (χ4n) is 1.44. The maximum absolute atomic E-state index is 9.38. The van der Waals surface area contributed by atoms with Gasteiger partial charge in [0, 0.05) is 4.90 Å². The van der Waals surface area contributed by atoms with Crippen LogP contribution in [0.2, 0.25) is 0 Å². The van der Waals surface area contributed by atoms with Crippen LogP contribution < -0.4 is 0 Å². The molecule has 15 heavy (non-hydrogen) atoms. The van der Waals surface area contributed by atoms with Crippen LogP contribution >= 0.6 is 11.8 Å². The van der Waals surface area contributed by atoms with Crippen LogP contribution in [-0.4, -0.2) is 10.9 Å². The SMILES string of the molecule is CCCCCCSc1ccc(O)c(C)c1. The minimum atomic E-state index is 0.394. The Labute approximate surface area is 96.9 Å². The Kier molecular flexibility index (Phi) is 5.62. The van der Waals surface area contributed by atoms with E-state index in [4.69, 9.17) is 0 Å². The van der Waals surface area contributed by atoms with Gasteiger partial charge in [-0.2, -0.15) is 0 Å². The van der Waals surface area contributed by atoms with Crippen molar-refractivity contribution in [2.24, 2.45) is 0 Å². The Hall–Kier alpha value is -0.630. The molecule has 0 amide bonds. The minimum Gasteiger partial charge on any atom is -0.508 e. The molecule has 0 saturated heterocycles. The Morgan fingerprint density at radius 1 is 1.20 bits per heavy atom. The highest BCUT2D eigenvalue weighted by molar-refractivity contribution is 7.99. The van der Waals surface area contributed by atoms with Crippen LogP contribution in [0, 0.1) is 6.92 Å². The molecule has 0 unspecified atom stereocenters. The second-order valence-corrected chi connectivity index (χ2v) is 5.03. The zero-order valence-electron chi connectivity index (χ0n) is 9.62. The van der Waals surface area contributed by atoms with Gasteiger partial charge in [-0.15, -0.1) is 11.8 Å². The monoisotopic (exact) mass is 224 g/mol. The molecule has 0 bridgehead atoms. The number of phenols is 1. The third kappa shape index (κ3) is 4.61. The fraction of sp³-hybridized carbons (Fsp3) is 0.538. The topological polar surface area (TPSA) is 20.2 Å². The molecule has 1 rings (SSSR count). The lowest BCUT2D eigenvalue weighted by atomic mass is 10.2. The van der Waals surface area contributed by atoms with E-state index in [1.807, 2.05) is 24.8 Å². The highest BCUT2D eigenvalue weighted by Gasteiger charge is 1.98. The molecule has 0 aliphatic heterocycles. The van der Waals surface area contributed by atoms with Gasteiger partial charge in [0.05, 0.1) is 0 Å². The second-order valence-electron chi connectivity index (χ2n) is 3.86. The van der Waals surface area contributed by atoms with Crippen molar-refractivity contribution in [1.82, 2.24) is 0 Å². The zero-order chi connectivity index (χ0) is 11.1. The number of hydrogen-bond acceptors (Lipinski definition) is 2. The highest BCUT2D eigenvalue weighted by Crippen LogP contribution is 2.25. The van der Waals surface area contributed by atoms with Crippen molar-refractivity contribution in [2.45, 2.75) is 44.4 Å². The van der Waals surface area contributed by atoms with Gasteiger partial charge in [-0.25, -0.2) is 0 Å². The van der Waals surface area contributed by atoms with Crippen molar-refractivity contribution < 1.29 is 5.11 Å². The van der Waals surface area contributed by atoms with E-state index >= 15 is 0 Å². The van der Waals surface area contributed by atoms with Crippen LogP contribution in [0.15, 0.2) is 23.1 Å². The van der Waals surface area contributed by atoms with Gasteiger partial charge in [0.15, 0.2) is 0 Å². The van der Waals surface area contributed by atoms with Gasteiger partial charge in [0.2, 0.25) is 0 Å². The van der Waals surface area contributed by atoms with Crippen molar-refractivity contribution in [3.05, 3.63) is 23.8 Å². The molecular formula is C13H20OS. The molecule has 1 aromatic carbocycles. The first-order valence-corrected chi connectivity index (χ1v) is 6.65. The lowest BCUT2D eigenvalue weighted by Gasteiger charge is -2.04. The van der Waals surface area contributed by atoms with Gasteiger partial charge >= 0.3 is 0 Å². The average molecular weight is 224 g/mol. The standard InChI is InChI=1S/C13H20OS/c1-3-4-5-6-9-15-12-7-8-13(14)11(2)10-12/h7-8,10,14H,3-6,9H2,1-2H3. The smallest absolute Gasteiger partial charge is 0.118 e. The summed E-state index contributed by atoms with van der Waals surface area (Å²) in [5.41, 5.74) is 0.966. The molecule has 0 aromatic heterocycles. The van der Waals surface area contributed by atoms with Crippen molar-refractivity contribution >= 4 is 11.8 Å². The molecular weight excluding hydrogens is 204 g/mol. The molecule has 0 fully saturated rings. The normalized spacial score (nSPS) is 10.5. The molecule has 1 N–H and O–H groups in total. The zero-order valence-corrected chi connectivity index (χ0v) is 10.4. The Morgan fingerprint density at radius 2 is 2.00 bits per heavy atom. The number of benzene rings is 1. The van der Waals surface area contributed by atoms with Crippen molar-refractivity contribution in [3.8, 4) is 5.75 Å². The fourth-order valence-corrected chi connectivity index (χ4v) is 2.45. The van der Waals surface area contributed by atoms with Crippen LogP contribution in [0.3, 0.4) is 0 Å². The van der Waals surface area contributed by atoms with Crippen molar-refractivity contribution in [1.29, 1.82) is 0 Å². The lowest BCUT2D eigenvalue weighted by molar-refractivity contribution is 0.470. The van der Waals surface area contributed by atoms with E-state index in [9.17, 15) is 5.11 Å². The van der Waals surface area contributed by atoms with Gasteiger partial charge in [-0.3, -0.25) is 0 Å². The number of aryl methyl sites for hydroxylation is 1. The largest absolute Gasteiger partial charge is 0.508 e. The van der Waals surface area contributed by atoms with E-state index in [2.05, 4.69) is 13.0 Å². The third-order valence-electron chi connectivity index (χ3n) is 2.43. The van der Waals surface area contributed by atoms with Crippen LogP contribution in [0.25, 0.3) is 0 Å². The summed E-state index contributed by atoms with van der Waals surface area (Å²) in [4.78, 5) is 1.27. The van der Waals surface area contributed by atoms with Crippen LogP contribution in [0.5, 0.6) is 5.75 Å². The number of unbranched alkanes of at least 4 members (excludes halogenated alkanes) is 3. The highest BCUT2D eigenvalue weighted by atomic mass is 32.2. The molecule has 0 aliphatic rings. The van der Waals surface area contributed by atoms with Gasteiger partial charge in [0.1, 0.15) is 5.75 Å². The van der Waals surface area contributed by atoms with Crippen molar-refractivity contribution in [2.75, 3.05) is 5.75 Å². The molecule has 2 heteroatoms. The van der Waals surface area contributed by atoms with E-state index in [1.54, 1.807) is 6.07 Å². The Balaban J connectivity index is 2.28. The maximum atomic E-state index is 9.38. The lowest BCUT2D eigenvalue weighted by Crippen LogP contribution is -1.82. The van der Waals surface area contributed by atoms with Crippen molar-refractivity contribution in [3.63, 3.8) is 0 Å². The quantitative estimate of drug-likeness (QED) is 0.572. The van der Waals surface area contributed by atoms with E-state index in [0.29, 0.717) is 5.75 Å². The number of thioether (sulfide) groups is 1. The Bertz CT molecular complexity index is 297. The summed E-state index contributed by atoms with van der Waals surface area (Å²) in [5.74, 6) is 1.58. The predicted octanol–water partition coefficient (Wildman–Crippen LogP) is 4.37. The molecule has 0 spiro atoms. The molecule has 1 nitrogen and oxygen atoms in total. The molecule has 1 aromatic rings. The number of rotatable bonds is 6. The molecule has 0 heterocycles. The van der Waals surface area contributed by atoms with Crippen LogP contribution in [0.4, 0.5) is 0 Å². The van der Waals surface area contributed by atoms with Gasteiger partial charge in [-0.1, -0.05) is 26.2 Å². The van der Waals surface area contributed by atoms with E-state index < -0.39 is 0 Å². The summed E-state index contributed by atoms with van der Waals surface area (Å²) in [6, 6.07) is 5.83. The number of phenolic OH excluding ortho intramolecular Hbond substituents is 1.